The average molecular weight is 470 g/mol. The van der Waals surface area contributed by atoms with Crippen molar-refractivity contribution in [2.24, 2.45) is 0 Å². The molecule has 0 atom stereocenters. The monoisotopic (exact) mass is 470 g/mol. The fourth-order valence-electron chi connectivity index (χ4n) is 5.05. The van der Waals surface area contributed by atoms with Gasteiger partial charge in [-0.3, -0.25) is 4.79 Å². The second-order valence-electron chi connectivity index (χ2n) is 8.67. The molecule has 1 saturated heterocycles. The molecular weight excluding hydrogens is 445 g/mol. The van der Waals surface area contributed by atoms with Crippen LogP contribution in [0.15, 0.2) is 54.6 Å². The van der Waals surface area contributed by atoms with Gasteiger partial charge in [-0.2, -0.15) is 13.2 Å². The number of halogens is 3. The molecule has 2 aliphatic heterocycles. The summed E-state index contributed by atoms with van der Waals surface area (Å²) < 4.78 is 54.5. The summed E-state index contributed by atoms with van der Waals surface area (Å²) in [6.45, 7) is 2.75. The van der Waals surface area contributed by atoms with Gasteiger partial charge in [0.1, 0.15) is 17.2 Å². The first-order valence-corrected chi connectivity index (χ1v) is 11.3. The van der Waals surface area contributed by atoms with Crippen molar-refractivity contribution >= 4 is 5.91 Å². The van der Waals surface area contributed by atoms with Gasteiger partial charge < -0.3 is 18.9 Å². The molecule has 0 unspecified atom stereocenters. The largest absolute Gasteiger partial charge is 0.496 e. The zero-order valence-electron chi connectivity index (χ0n) is 19.0. The molecule has 5 rings (SSSR count). The van der Waals surface area contributed by atoms with E-state index in [2.05, 4.69) is 0 Å². The number of hydrogen-bond acceptors (Lipinski definition) is 3. The third-order valence-corrected chi connectivity index (χ3v) is 6.82. The maximum absolute atomic E-state index is 13.8. The van der Waals surface area contributed by atoms with E-state index in [1.807, 2.05) is 13.0 Å². The van der Waals surface area contributed by atoms with E-state index in [1.165, 1.54) is 10.6 Å². The number of benzene rings is 2. The van der Waals surface area contributed by atoms with Crippen LogP contribution in [0, 0.1) is 0 Å². The second-order valence-corrected chi connectivity index (χ2v) is 8.67. The van der Waals surface area contributed by atoms with Crippen molar-refractivity contribution in [3.8, 4) is 17.2 Å². The first kappa shape index (κ1) is 22.4. The van der Waals surface area contributed by atoms with Gasteiger partial charge in [-0.15, -0.1) is 0 Å². The van der Waals surface area contributed by atoms with Crippen molar-refractivity contribution in [2.45, 2.75) is 38.0 Å². The third-order valence-electron chi connectivity index (χ3n) is 6.82. The molecule has 1 fully saturated rings. The Hall–Kier alpha value is -3.42. The molecular formula is C26H25F3N2O3. The molecule has 0 radical (unpaired) electrons. The Morgan fingerprint density at radius 3 is 2.50 bits per heavy atom. The van der Waals surface area contributed by atoms with Crippen molar-refractivity contribution in [3.63, 3.8) is 0 Å². The highest BCUT2D eigenvalue weighted by atomic mass is 19.4. The minimum atomic E-state index is -4.50. The third kappa shape index (κ3) is 3.52. The van der Waals surface area contributed by atoms with Gasteiger partial charge in [0.05, 0.1) is 18.5 Å². The van der Waals surface area contributed by atoms with Crippen LogP contribution in [0.4, 0.5) is 13.2 Å². The Kier molecular flexibility index (Phi) is 5.34. The summed E-state index contributed by atoms with van der Waals surface area (Å²) in [6, 6.07) is 14.8. The standard InChI is InChI=1S/C26H25F3N2O3/c1-3-17-8-9-18(16-21(17)33-2)24(32)30-14-12-25(13-15-30)22-10-11-23(26(27,28)29)31(22)19-6-4-5-7-20(19)34-25/h4-11,16H,3,12-15H2,1-2H3. The van der Waals surface area contributed by atoms with Crippen LogP contribution in [0.2, 0.25) is 0 Å². The van der Waals surface area contributed by atoms with Crippen LogP contribution < -0.4 is 9.47 Å². The number of para-hydroxylation sites is 2. The average Bonchev–Trinajstić information content (AvgIpc) is 3.31. The van der Waals surface area contributed by atoms with Crippen LogP contribution in [0.25, 0.3) is 5.69 Å². The smallest absolute Gasteiger partial charge is 0.431 e. The second kappa shape index (κ2) is 8.11. The molecule has 3 heterocycles. The van der Waals surface area contributed by atoms with Gasteiger partial charge >= 0.3 is 6.18 Å². The maximum Gasteiger partial charge on any atom is 0.431 e. The van der Waals surface area contributed by atoms with E-state index >= 15 is 0 Å². The summed E-state index contributed by atoms with van der Waals surface area (Å²) >= 11 is 0. The summed E-state index contributed by atoms with van der Waals surface area (Å²) in [7, 11) is 1.58. The number of alkyl halides is 3. The van der Waals surface area contributed by atoms with Crippen molar-refractivity contribution < 1.29 is 27.4 Å². The number of nitrogens with zero attached hydrogens (tertiary/aromatic N) is 2. The molecule has 0 N–H and O–H groups in total. The predicted octanol–water partition coefficient (Wildman–Crippen LogP) is 5.59. The van der Waals surface area contributed by atoms with E-state index < -0.39 is 17.5 Å². The highest BCUT2D eigenvalue weighted by molar-refractivity contribution is 5.94. The Balaban J connectivity index is 1.44. The van der Waals surface area contributed by atoms with Gasteiger partial charge in [0.15, 0.2) is 5.60 Å². The van der Waals surface area contributed by atoms with E-state index in [4.69, 9.17) is 9.47 Å². The topological polar surface area (TPSA) is 43.7 Å². The number of amides is 1. The van der Waals surface area contributed by atoms with Gasteiger partial charge in [0.2, 0.25) is 0 Å². The summed E-state index contributed by atoms with van der Waals surface area (Å²) in [5.74, 6) is 0.960. The van der Waals surface area contributed by atoms with Crippen molar-refractivity contribution in [1.29, 1.82) is 0 Å². The molecule has 178 valence electrons. The molecule has 8 heteroatoms. The van der Waals surface area contributed by atoms with Gasteiger partial charge in [0.25, 0.3) is 5.91 Å². The number of fused-ring (bicyclic) bond motifs is 4. The van der Waals surface area contributed by atoms with Gasteiger partial charge in [-0.1, -0.05) is 25.1 Å². The molecule has 1 aromatic heterocycles. The van der Waals surface area contributed by atoms with Gasteiger partial charge in [-0.05, 0) is 48.4 Å². The number of aromatic nitrogens is 1. The number of hydrogen-bond donors (Lipinski definition) is 0. The first-order chi connectivity index (χ1) is 16.3. The minimum Gasteiger partial charge on any atom is -0.496 e. The molecule has 1 spiro atoms. The predicted molar refractivity (Wildman–Crippen MR) is 121 cm³/mol. The van der Waals surface area contributed by atoms with Crippen LogP contribution in [0.1, 0.15) is 47.1 Å². The van der Waals surface area contributed by atoms with E-state index in [0.717, 1.165) is 18.1 Å². The lowest BCUT2D eigenvalue weighted by molar-refractivity contribution is -0.143. The first-order valence-electron chi connectivity index (χ1n) is 11.3. The van der Waals surface area contributed by atoms with E-state index in [9.17, 15) is 18.0 Å². The Bertz CT molecular complexity index is 1240. The van der Waals surface area contributed by atoms with Gasteiger partial charge in [0, 0.05) is 31.5 Å². The molecule has 1 amide bonds. The number of carbonyl (C=O) groups excluding carboxylic acids is 1. The van der Waals surface area contributed by atoms with Crippen LogP contribution in [0.3, 0.4) is 0 Å². The highest BCUT2D eigenvalue weighted by Gasteiger charge is 2.48. The SMILES string of the molecule is CCc1ccc(C(=O)N2CCC3(CC2)Oc2ccccc2-n2c(C(F)(F)F)ccc23)cc1OC. The molecule has 0 aliphatic carbocycles. The van der Waals surface area contributed by atoms with Gasteiger partial charge in [-0.25, -0.2) is 0 Å². The molecule has 5 nitrogen and oxygen atoms in total. The summed E-state index contributed by atoms with van der Waals surface area (Å²) in [5.41, 5.74) is 0.744. The summed E-state index contributed by atoms with van der Waals surface area (Å²) in [5, 5.41) is 0. The number of carbonyl (C=O) groups is 1. The van der Waals surface area contributed by atoms with E-state index in [-0.39, 0.29) is 5.91 Å². The number of likely N-dealkylation sites (tertiary alicyclic amines) is 1. The molecule has 3 aromatic rings. The summed E-state index contributed by atoms with van der Waals surface area (Å²) in [4.78, 5) is 14.9. The van der Waals surface area contributed by atoms with Crippen LogP contribution in [-0.2, 0) is 18.2 Å². The lowest BCUT2D eigenvalue weighted by Crippen LogP contribution is -2.50. The van der Waals surface area contributed by atoms with Crippen LogP contribution in [0.5, 0.6) is 11.5 Å². The number of methoxy groups -OCH3 is 1. The Labute approximate surface area is 195 Å². The number of rotatable bonds is 3. The van der Waals surface area contributed by atoms with Crippen molar-refractivity contribution in [2.75, 3.05) is 20.2 Å². The normalized spacial score (nSPS) is 16.6. The summed E-state index contributed by atoms with van der Waals surface area (Å²) in [6.07, 6.45) is -2.93. The zero-order valence-corrected chi connectivity index (χ0v) is 19.0. The fraction of sp³-hybridized carbons (Fsp3) is 0.346. The fourth-order valence-corrected chi connectivity index (χ4v) is 5.05. The quantitative estimate of drug-likeness (QED) is 0.501. The molecule has 2 aromatic carbocycles. The highest BCUT2D eigenvalue weighted by Crippen LogP contribution is 2.48. The van der Waals surface area contributed by atoms with Crippen LogP contribution >= 0.6 is 0 Å². The molecule has 0 saturated carbocycles. The number of aryl methyl sites for hydroxylation is 1. The van der Waals surface area contributed by atoms with E-state index in [1.54, 1.807) is 48.4 Å². The number of piperidine rings is 1. The molecule has 0 bridgehead atoms. The van der Waals surface area contributed by atoms with Crippen LogP contribution in [-0.4, -0.2) is 35.6 Å². The Morgan fingerprint density at radius 2 is 1.82 bits per heavy atom. The van der Waals surface area contributed by atoms with Crippen molar-refractivity contribution in [3.05, 3.63) is 77.1 Å². The maximum atomic E-state index is 13.8. The molecule has 2 aliphatic rings. The van der Waals surface area contributed by atoms with Crippen molar-refractivity contribution in [1.82, 2.24) is 9.47 Å². The minimum absolute atomic E-state index is 0.127. The lowest BCUT2D eigenvalue weighted by atomic mass is 9.86. The number of ether oxygens (including phenoxy) is 2. The lowest BCUT2D eigenvalue weighted by Gasteiger charge is -2.45. The zero-order chi connectivity index (χ0) is 24.1. The molecule has 34 heavy (non-hydrogen) atoms. The van der Waals surface area contributed by atoms with E-state index in [0.29, 0.717) is 54.4 Å². The Morgan fingerprint density at radius 1 is 1.09 bits per heavy atom.